The van der Waals surface area contributed by atoms with Crippen molar-refractivity contribution in [2.75, 3.05) is 47.6 Å². The number of carbonyl (C=O) groups is 1. The number of anilines is 4. The fraction of sp³-hybridized carbons (Fsp3) is 0.273. The van der Waals surface area contributed by atoms with Crippen molar-refractivity contribution in [3.63, 3.8) is 0 Å². The maximum Gasteiger partial charge on any atom is 0.234 e. The third kappa shape index (κ3) is 5.92. The molecule has 1 amide bonds. The monoisotopic (exact) mass is 454 g/mol. The molecule has 1 saturated heterocycles. The summed E-state index contributed by atoms with van der Waals surface area (Å²) in [5.41, 5.74) is 1.86. The van der Waals surface area contributed by atoms with Crippen molar-refractivity contribution in [2.24, 2.45) is 0 Å². The van der Waals surface area contributed by atoms with Gasteiger partial charge in [0.2, 0.25) is 17.8 Å². The predicted molar refractivity (Wildman–Crippen MR) is 123 cm³/mol. The number of para-hydroxylation sites is 1. The van der Waals surface area contributed by atoms with Crippen LogP contribution in [0.3, 0.4) is 0 Å². The highest BCUT2D eigenvalue weighted by atomic mass is 32.2. The Hall–Kier alpha value is -3.24. The zero-order valence-corrected chi connectivity index (χ0v) is 18.4. The van der Waals surface area contributed by atoms with Gasteiger partial charge in [-0.05, 0) is 36.8 Å². The number of rotatable bonds is 7. The molecule has 0 unspecified atom stereocenters. The minimum Gasteiger partial charge on any atom is -0.378 e. The molecule has 8 nitrogen and oxygen atoms in total. The van der Waals surface area contributed by atoms with Crippen LogP contribution in [-0.2, 0) is 9.53 Å². The van der Waals surface area contributed by atoms with Gasteiger partial charge in [0.05, 0.1) is 24.7 Å². The van der Waals surface area contributed by atoms with E-state index in [9.17, 15) is 9.18 Å². The Bertz CT molecular complexity index is 1080. The van der Waals surface area contributed by atoms with Gasteiger partial charge in [0.1, 0.15) is 5.82 Å². The molecule has 10 heteroatoms. The molecule has 1 aromatic heterocycles. The second-order valence-corrected chi connectivity index (χ2v) is 8.09. The Kier molecular flexibility index (Phi) is 7.13. The zero-order chi connectivity index (χ0) is 22.3. The normalized spacial score (nSPS) is 13.6. The first-order valence-electron chi connectivity index (χ1n) is 10.2. The number of aromatic nitrogens is 3. The minimum atomic E-state index is -0.474. The first-order valence-corrected chi connectivity index (χ1v) is 11.1. The highest BCUT2D eigenvalue weighted by Crippen LogP contribution is 2.22. The maximum absolute atomic E-state index is 13.9. The number of nitrogens with one attached hydrogen (secondary N) is 2. The van der Waals surface area contributed by atoms with Crippen molar-refractivity contribution in [1.29, 1.82) is 0 Å². The topological polar surface area (TPSA) is 92.3 Å². The van der Waals surface area contributed by atoms with Crippen LogP contribution in [0.2, 0.25) is 0 Å². The number of thioether (sulfide) groups is 1. The van der Waals surface area contributed by atoms with E-state index in [0.29, 0.717) is 43.4 Å². The number of benzene rings is 2. The van der Waals surface area contributed by atoms with Gasteiger partial charge in [-0.2, -0.15) is 15.0 Å². The van der Waals surface area contributed by atoms with Crippen LogP contribution in [0.1, 0.15) is 5.56 Å². The Morgan fingerprint density at radius 3 is 2.69 bits per heavy atom. The van der Waals surface area contributed by atoms with Gasteiger partial charge in [-0.15, -0.1) is 0 Å². The van der Waals surface area contributed by atoms with Crippen LogP contribution in [-0.4, -0.2) is 52.9 Å². The van der Waals surface area contributed by atoms with Crippen LogP contribution in [0, 0.1) is 12.7 Å². The SMILES string of the molecule is Cc1ccc(F)c(NC(=O)CSc2nc(Nc3ccccc3)nc(N3CCOCC3)n2)c1. The number of hydrogen-bond donors (Lipinski definition) is 2. The smallest absolute Gasteiger partial charge is 0.234 e. The molecule has 2 aromatic carbocycles. The fourth-order valence-electron chi connectivity index (χ4n) is 3.07. The molecule has 4 rings (SSSR count). The van der Waals surface area contributed by atoms with Crippen LogP contribution < -0.4 is 15.5 Å². The van der Waals surface area contributed by atoms with E-state index < -0.39 is 5.82 Å². The summed E-state index contributed by atoms with van der Waals surface area (Å²) in [6.07, 6.45) is 0. The van der Waals surface area contributed by atoms with E-state index in [2.05, 4.69) is 25.6 Å². The second kappa shape index (κ2) is 10.4. The Balaban J connectivity index is 1.49. The highest BCUT2D eigenvalue weighted by Gasteiger charge is 2.18. The summed E-state index contributed by atoms with van der Waals surface area (Å²) in [6, 6.07) is 14.2. The highest BCUT2D eigenvalue weighted by molar-refractivity contribution is 7.99. The summed E-state index contributed by atoms with van der Waals surface area (Å²) in [6.45, 7) is 4.38. The summed E-state index contributed by atoms with van der Waals surface area (Å²) < 4.78 is 19.3. The number of amides is 1. The van der Waals surface area contributed by atoms with Crippen molar-refractivity contribution in [1.82, 2.24) is 15.0 Å². The third-order valence-corrected chi connectivity index (χ3v) is 5.50. The standard InChI is InChI=1S/C22H23FN6O2S/c1-15-7-8-17(23)18(13-15)25-19(30)14-32-22-27-20(24-16-5-3-2-4-6-16)26-21(28-22)29-9-11-31-12-10-29/h2-8,13H,9-12,14H2,1H3,(H,25,30)(H,24,26,27,28). The number of aryl methyl sites for hydroxylation is 1. The largest absolute Gasteiger partial charge is 0.378 e. The second-order valence-electron chi connectivity index (χ2n) is 7.15. The fourth-order valence-corrected chi connectivity index (χ4v) is 3.70. The first-order chi connectivity index (χ1) is 15.6. The van der Waals surface area contributed by atoms with Gasteiger partial charge in [-0.25, -0.2) is 4.39 Å². The van der Waals surface area contributed by atoms with E-state index >= 15 is 0 Å². The molecule has 32 heavy (non-hydrogen) atoms. The molecule has 2 heterocycles. The van der Waals surface area contributed by atoms with Crippen LogP contribution in [0.5, 0.6) is 0 Å². The van der Waals surface area contributed by atoms with E-state index in [0.717, 1.165) is 11.3 Å². The molecule has 1 fully saturated rings. The van der Waals surface area contributed by atoms with Crippen LogP contribution in [0.4, 0.5) is 27.7 Å². The van der Waals surface area contributed by atoms with E-state index in [1.165, 1.54) is 17.8 Å². The molecule has 1 aliphatic rings. The van der Waals surface area contributed by atoms with Crippen LogP contribution in [0.25, 0.3) is 0 Å². The van der Waals surface area contributed by atoms with Crippen LogP contribution in [0.15, 0.2) is 53.7 Å². The summed E-state index contributed by atoms with van der Waals surface area (Å²) in [7, 11) is 0. The molecule has 166 valence electrons. The Labute approximate surface area is 189 Å². The number of nitrogens with zero attached hydrogens (tertiary/aromatic N) is 4. The maximum atomic E-state index is 13.9. The molecule has 0 radical (unpaired) electrons. The Morgan fingerprint density at radius 1 is 1.12 bits per heavy atom. The Morgan fingerprint density at radius 2 is 1.91 bits per heavy atom. The number of ether oxygens (including phenoxy) is 1. The van der Waals surface area contributed by atoms with Crippen LogP contribution >= 0.6 is 11.8 Å². The first kappa shape index (κ1) is 22.0. The zero-order valence-electron chi connectivity index (χ0n) is 17.5. The number of hydrogen-bond acceptors (Lipinski definition) is 8. The van der Waals surface area contributed by atoms with Gasteiger partial charge in [0.15, 0.2) is 5.16 Å². The summed E-state index contributed by atoms with van der Waals surface area (Å²) >= 11 is 1.17. The average molecular weight is 455 g/mol. The number of carbonyl (C=O) groups excluding carboxylic acids is 1. The number of morpholine rings is 1. The van der Waals surface area contributed by atoms with Gasteiger partial charge in [-0.1, -0.05) is 36.0 Å². The van der Waals surface area contributed by atoms with Gasteiger partial charge < -0.3 is 20.3 Å². The van der Waals surface area contributed by atoms with Crippen molar-refractivity contribution in [3.05, 3.63) is 59.9 Å². The molecule has 2 N–H and O–H groups in total. The lowest BCUT2D eigenvalue weighted by Gasteiger charge is -2.27. The summed E-state index contributed by atoms with van der Waals surface area (Å²) in [5.74, 6) is 0.128. The lowest BCUT2D eigenvalue weighted by Crippen LogP contribution is -2.37. The van der Waals surface area contributed by atoms with Crippen molar-refractivity contribution < 1.29 is 13.9 Å². The minimum absolute atomic E-state index is 0.0325. The van der Waals surface area contributed by atoms with Crippen molar-refractivity contribution >= 4 is 40.9 Å². The average Bonchev–Trinajstić information content (AvgIpc) is 2.81. The number of halogens is 1. The summed E-state index contributed by atoms with van der Waals surface area (Å²) in [4.78, 5) is 27.9. The molecule has 0 saturated carbocycles. The lowest BCUT2D eigenvalue weighted by molar-refractivity contribution is -0.113. The molecule has 0 spiro atoms. The van der Waals surface area contributed by atoms with Gasteiger partial charge in [0, 0.05) is 18.8 Å². The van der Waals surface area contributed by atoms with Gasteiger partial charge in [0.25, 0.3) is 0 Å². The van der Waals surface area contributed by atoms with Crippen molar-refractivity contribution in [3.8, 4) is 0 Å². The summed E-state index contributed by atoms with van der Waals surface area (Å²) in [5, 5.41) is 6.19. The molecule has 0 atom stereocenters. The molecule has 0 bridgehead atoms. The molecule has 1 aliphatic heterocycles. The van der Waals surface area contributed by atoms with E-state index in [4.69, 9.17) is 4.74 Å². The predicted octanol–water partition coefficient (Wildman–Crippen LogP) is 3.63. The van der Waals surface area contributed by atoms with E-state index in [1.54, 1.807) is 12.1 Å². The third-order valence-electron chi connectivity index (χ3n) is 4.66. The van der Waals surface area contributed by atoms with Crippen molar-refractivity contribution in [2.45, 2.75) is 12.1 Å². The van der Waals surface area contributed by atoms with Gasteiger partial charge in [-0.3, -0.25) is 4.79 Å². The quantitative estimate of drug-likeness (QED) is 0.523. The molecule has 3 aromatic rings. The lowest BCUT2D eigenvalue weighted by atomic mass is 10.2. The van der Waals surface area contributed by atoms with E-state index in [1.807, 2.05) is 42.2 Å². The van der Waals surface area contributed by atoms with E-state index in [-0.39, 0.29) is 17.3 Å². The molecular weight excluding hydrogens is 431 g/mol. The molecule has 0 aliphatic carbocycles. The molecular formula is C22H23FN6O2S. The van der Waals surface area contributed by atoms with Gasteiger partial charge >= 0.3 is 0 Å².